The number of carboxylic acids is 1. The van der Waals surface area contributed by atoms with E-state index in [1.54, 1.807) is 47.6 Å². The molecule has 0 saturated heterocycles. The molecule has 4 rings (SSSR count). The largest absolute Gasteiger partial charge is 0.478 e. The number of benzene rings is 2. The Morgan fingerprint density at radius 1 is 0.983 bits per heavy atom. The second-order valence-electron chi connectivity index (χ2n) is 15.5. The van der Waals surface area contributed by atoms with Crippen molar-refractivity contribution in [3.8, 4) is 11.9 Å². The molecule has 1 heterocycles. The van der Waals surface area contributed by atoms with E-state index >= 15 is 0 Å². The highest BCUT2D eigenvalue weighted by Crippen LogP contribution is 2.44. The summed E-state index contributed by atoms with van der Waals surface area (Å²) >= 11 is 0. The zero-order chi connectivity index (χ0) is 44.9. The topological polar surface area (TPSA) is 151 Å². The molecule has 0 spiro atoms. The molecule has 1 saturated carbocycles. The molecule has 328 valence electrons. The minimum absolute atomic E-state index is 0.0913. The minimum atomic E-state index is -0.898. The van der Waals surface area contributed by atoms with E-state index in [2.05, 4.69) is 65.4 Å². The van der Waals surface area contributed by atoms with Gasteiger partial charge in [0.1, 0.15) is 12.4 Å². The third kappa shape index (κ3) is 23.4. The number of aromatic carboxylic acids is 1. The fraction of sp³-hybridized carbons (Fsp3) is 0.551. The zero-order valence-electron chi connectivity index (χ0n) is 38.4. The second kappa shape index (κ2) is 31.2. The number of aryl methyl sites for hydroxylation is 2. The highest BCUT2D eigenvalue weighted by molar-refractivity contribution is 5.89. The zero-order valence-corrected chi connectivity index (χ0v) is 38.4. The molecule has 1 aliphatic rings. The summed E-state index contributed by atoms with van der Waals surface area (Å²) in [6, 6.07) is 16.6. The van der Waals surface area contributed by atoms with Gasteiger partial charge >= 0.3 is 5.97 Å². The smallest absolute Gasteiger partial charge is 0.335 e. The summed E-state index contributed by atoms with van der Waals surface area (Å²) in [4.78, 5) is 19.6. The Balaban J connectivity index is 0.000000765. The number of aliphatic imine (C=N–C) groups is 1. The van der Waals surface area contributed by atoms with Crippen LogP contribution in [0.25, 0.3) is 0 Å². The van der Waals surface area contributed by atoms with Crippen molar-refractivity contribution in [1.82, 2.24) is 9.99 Å². The molecule has 0 bridgehead atoms. The highest BCUT2D eigenvalue weighted by Gasteiger charge is 2.37. The summed E-state index contributed by atoms with van der Waals surface area (Å²) in [5, 5.41) is 19.2. The molecule has 9 nitrogen and oxygen atoms in total. The number of nitrogens with zero attached hydrogens (tertiary/aromatic N) is 4. The maximum Gasteiger partial charge on any atom is 0.335 e. The fourth-order valence-electron chi connectivity index (χ4n) is 5.59. The van der Waals surface area contributed by atoms with Crippen molar-refractivity contribution in [2.45, 2.75) is 147 Å². The number of pyridine rings is 1. The number of unbranched alkanes of at least 4 members (excludes halogenated alkanes) is 4. The summed E-state index contributed by atoms with van der Waals surface area (Å²) in [5.41, 5.74) is 11.1. The SMILES string of the molecule is CC1C(C)C1C.CCC(C)CC(C)=Nc1ccc(C(=O)O)cc1C.CCCC/C(=C/N)N(N)CC.CCCCCC.Cc1cccc(OCc2ccc(C#N)cc2F)n1. The van der Waals surface area contributed by atoms with Gasteiger partial charge in [0.15, 0.2) is 0 Å². The van der Waals surface area contributed by atoms with Crippen molar-refractivity contribution in [2.75, 3.05) is 6.54 Å². The number of carbonyl (C=O) groups is 1. The van der Waals surface area contributed by atoms with Crippen molar-refractivity contribution < 1.29 is 19.0 Å². The molecule has 2 aromatic carbocycles. The lowest BCUT2D eigenvalue weighted by Gasteiger charge is -2.19. The molecule has 3 aromatic rings. The third-order valence-electron chi connectivity index (χ3n) is 10.5. The molecule has 1 aromatic heterocycles. The van der Waals surface area contributed by atoms with Crippen LogP contribution in [0.4, 0.5) is 10.1 Å². The predicted molar refractivity (Wildman–Crippen MR) is 245 cm³/mol. The number of nitriles is 1. The van der Waals surface area contributed by atoms with Crippen molar-refractivity contribution >= 4 is 17.4 Å². The van der Waals surface area contributed by atoms with Gasteiger partial charge in [-0.15, -0.1) is 0 Å². The van der Waals surface area contributed by atoms with Gasteiger partial charge < -0.3 is 20.6 Å². The monoisotopic (exact) mass is 817 g/mol. The summed E-state index contributed by atoms with van der Waals surface area (Å²) in [6.07, 6.45) is 12.6. The van der Waals surface area contributed by atoms with Crippen molar-refractivity contribution in [2.24, 2.45) is 40.2 Å². The first kappa shape index (κ1) is 54.2. The van der Waals surface area contributed by atoms with E-state index in [1.165, 1.54) is 38.2 Å². The summed E-state index contributed by atoms with van der Waals surface area (Å²) in [6.45, 7) is 26.6. The van der Waals surface area contributed by atoms with E-state index in [0.29, 0.717) is 28.5 Å². The number of halogens is 1. The van der Waals surface area contributed by atoms with E-state index in [9.17, 15) is 9.18 Å². The standard InChI is InChI=1S/C15H21NO2.C14H11FN2O.C8H19N3.C6H12.C6H14/c1-5-10(2)8-12(4)16-14-7-6-13(15(17)18)9-11(14)3;1-10-3-2-4-14(17-10)18-9-12-6-5-11(8-16)7-13(12)15;1-3-5-6-8(7-9)11(10)4-2;1-4-5(2)6(4)3;1-3-5-6-4-2/h6-7,9-10H,5,8H2,1-4H3,(H,17,18);2-7H,9H2,1H3;7H,3-6,9-10H2,1-2H3;4-6H,1-3H3;3-6H2,1-2H3/b;;8-7-;;. The van der Waals surface area contributed by atoms with E-state index in [-0.39, 0.29) is 6.61 Å². The number of allylic oxidation sites excluding steroid dienone is 1. The lowest BCUT2D eigenvalue weighted by atomic mass is 10.0. The number of carboxylic acid groups (broad SMARTS) is 1. The maximum absolute atomic E-state index is 13.6. The lowest BCUT2D eigenvalue weighted by Crippen LogP contribution is -2.30. The minimum Gasteiger partial charge on any atom is -0.478 e. The first-order chi connectivity index (χ1) is 28.0. The van der Waals surface area contributed by atoms with E-state index < -0.39 is 11.8 Å². The number of nitrogens with two attached hydrogens (primary N) is 2. The average molecular weight is 817 g/mol. The fourth-order valence-corrected chi connectivity index (χ4v) is 5.59. The molecule has 0 aliphatic heterocycles. The number of rotatable bonds is 16. The van der Waals surface area contributed by atoms with Gasteiger partial charge in [-0.05, 0) is 113 Å². The van der Waals surface area contributed by atoms with Crippen LogP contribution < -0.4 is 16.3 Å². The Kier molecular flexibility index (Phi) is 28.7. The molecular weight excluding hydrogens is 740 g/mol. The number of ether oxygens (including phenoxy) is 1. The van der Waals surface area contributed by atoms with Gasteiger partial charge in [0.25, 0.3) is 0 Å². The Bertz CT molecular complexity index is 1710. The predicted octanol–water partition coefficient (Wildman–Crippen LogP) is 12.9. The first-order valence-corrected chi connectivity index (χ1v) is 21.6. The summed E-state index contributed by atoms with van der Waals surface area (Å²) in [5.74, 6) is 8.46. The van der Waals surface area contributed by atoms with Crippen LogP contribution in [-0.4, -0.2) is 33.3 Å². The Hall–Kier alpha value is -4.75. The van der Waals surface area contributed by atoms with Crippen LogP contribution >= 0.6 is 0 Å². The molecule has 59 heavy (non-hydrogen) atoms. The van der Waals surface area contributed by atoms with Crippen LogP contribution in [-0.2, 0) is 6.61 Å². The van der Waals surface area contributed by atoms with Gasteiger partial charge in [-0.2, -0.15) is 5.26 Å². The van der Waals surface area contributed by atoms with Crippen molar-refractivity contribution in [1.29, 1.82) is 5.26 Å². The number of aromatic nitrogens is 1. The van der Waals surface area contributed by atoms with Gasteiger partial charge in [0, 0.05) is 41.5 Å². The van der Waals surface area contributed by atoms with Gasteiger partial charge in [-0.1, -0.05) is 106 Å². The normalized spacial score (nSPS) is 15.8. The van der Waals surface area contributed by atoms with Crippen LogP contribution in [0.1, 0.15) is 160 Å². The van der Waals surface area contributed by atoms with Crippen molar-refractivity contribution in [3.63, 3.8) is 0 Å². The third-order valence-corrected chi connectivity index (χ3v) is 10.5. The molecule has 10 heteroatoms. The van der Waals surface area contributed by atoms with E-state index in [4.69, 9.17) is 26.7 Å². The lowest BCUT2D eigenvalue weighted by molar-refractivity contribution is 0.0696. The average Bonchev–Trinajstić information content (AvgIpc) is 3.76. The van der Waals surface area contributed by atoms with Crippen LogP contribution in [0.5, 0.6) is 5.88 Å². The van der Waals surface area contributed by atoms with E-state index in [0.717, 1.165) is 78.3 Å². The Labute approximate surface area is 357 Å². The molecule has 5 N–H and O–H groups in total. The van der Waals surface area contributed by atoms with Gasteiger partial charge in [-0.25, -0.2) is 20.0 Å². The van der Waals surface area contributed by atoms with Gasteiger partial charge in [-0.3, -0.25) is 4.99 Å². The van der Waals surface area contributed by atoms with Crippen LogP contribution in [0, 0.1) is 54.7 Å². The number of hydrazine groups is 1. The molecule has 0 amide bonds. The van der Waals surface area contributed by atoms with Gasteiger partial charge in [0.05, 0.1) is 22.9 Å². The Morgan fingerprint density at radius 3 is 2.03 bits per heavy atom. The van der Waals surface area contributed by atoms with Crippen LogP contribution in [0.15, 0.2) is 71.5 Å². The summed E-state index contributed by atoms with van der Waals surface area (Å²) in [7, 11) is 0. The highest BCUT2D eigenvalue weighted by atomic mass is 19.1. The Morgan fingerprint density at radius 2 is 1.59 bits per heavy atom. The molecule has 0 radical (unpaired) electrons. The molecular formula is C49H77FN6O3. The van der Waals surface area contributed by atoms with Gasteiger partial charge in [0.2, 0.25) is 5.88 Å². The molecule has 1 fully saturated rings. The second-order valence-corrected chi connectivity index (χ2v) is 15.5. The number of hydrogen-bond donors (Lipinski definition) is 3. The summed E-state index contributed by atoms with van der Waals surface area (Å²) < 4.78 is 19.0. The maximum atomic E-state index is 13.6. The number of hydrogen-bond acceptors (Lipinski definition) is 8. The molecule has 1 aliphatic carbocycles. The molecule has 1 atom stereocenters. The molecule has 1 unspecified atom stereocenters. The van der Waals surface area contributed by atoms with Crippen LogP contribution in [0.3, 0.4) is 0 Å². The van der Waals surface area contributed by atoms with E-state index in [1.807, 2.05) is 45.9 Å². The first-order valence-electron chi connectivity index (χ1n) is 21.6. The quantitative estimate of drug-likeness (QED) is 0.0559. The van der Waals surface area contributed by atoms with Crippen molar-refractivity contribution in [3.05, 3.63) is 100 Å². The van der Waals surface area contributed by atoms with Crippen LogP contribution in [0.2, 0.25) is 0 Å².